The third-order valence-electron chi connectivity index (χ3n) is 4.69. The molecule has 0 saturated carbocycles. The van der Waals surface area contributed by atoms with Crippen molar-refractivity contribution in [3.8, 4) is 11.5 Å². The van der Waals surface area contributed by atoms with Crippen LogP contribution in [0.5, 0.6) is 11.5 Å². The Kier molecular flexibility index (Phi) is 4.43. The van der Waals surface area contributed by atoms with Crippen LogP contribution in [0, 0.1) is 0 Å². The Bertz CT molecular complexity index is 713. The Morgan fingerprint density at radius 2 is 2.08 bits per heavy atom. The monoisotopic (exact) mass is 343 g/mol. The van der Waals surface area contributed by atoms with Crippen molar-refractivity contribution < 1.29 is 14.3 Å². The van der Waals surface area contributed by atoms with Crippen molar-refractivity contribution >= 4 is 17.2 Å². The maximum Gasteiger partial charge on any atom is 0.223 e. The lowest BCUT2D eigenvalue weighted by Crippen LogP contribution is -2.30. The van der Waals surface area contributed by atoms with Crippen molar-refractivity contribution in [3.05, 3.63) is 46.2 Å². The Morgan fingerprint density at radius 3 is 2.92 bits per heavy atom. The zero-order valence-corrected chi connectivity index (χ0v) is 14.4. The molecule has 24 heavy (non-hydrogen) atoms. The molecule has 2 aliphatic rings. The molecule has 2 aliphatic heterocycles. The minimum atomic E-state index is 0.164. The number of rotatable bonds is 4. The van der Waals surface area contributed by atoms with Crippen molar-refractivity contribution in [2.75, 3.05) is 19.8 Å². The van der Waals surface area contributed by atoms with Gasteiger partial charge in [0.05, 0.1) is 6.04 Å². The summed E-state index contributed by atoms with van der Waals surface area (Å²) in [6.07, 6.45) is 3.50. The zero-order chi connectivity index (χ0) is 16.4. The Labute approximate surface area is 146 Å². The molecule has 3 heterocycles. The van der Waals surface area contributed by atoms with Gasteiger partial charge in [-0.2, -0.15) is 0 Å². The van der Waals surface area contributed by atoms with E-state index in [1.807, 2.05) is 23.1 Å². The van der Waals surface area contributed by atoms with E-state index in [4.69, 9.17) is 9.47 Å². The molecule has 4 rings (SSSR count). The van der Waals surface area contributed by atoms with Crippen LogP contribution in [0.4, 0.5) is 0 Å². The molecule has 1 aromatic heterocycles. The predicted molar refractivity (Wildman–Crippen MR) is 93.8 cm³/mol. The molecule has 0 aliphatic carbocycles. The van der Waals surface area contributed by atoms with Crippen LogP contribution in [0.3, 0.4) is 0 Å². The number of amides is 1. The lowest BCUT2D eigenvalue weighted by Gasteiger charge is -2.26. The first-order valence-electron chi connectivity index (χ1n) is 8.52. The predicted octanol–water partition coefficient (Wildman–Crippen LogP) is 3.82. The topological polar surface area (TPSA) is 38.8 Å². The highest BCUT2D eigenvalue weighted by Gasteiger charge is 2.30. The Hall–Kier alpha value is -2.01. The van der Waals surface area contributed by atoms with Crippen LogP contribution in [-0.2, 0) is 11.2 Å². The standard InChI is InChI=1S/C19H21NO3S/c21-19(8-6-15-3-2-12-24-15)20-9-1-4-16(20)14-5-7-17-18(13-14)23-11-10-22-17/h2-3,5,7,12-13,16H,1,4,6,8-11H2. The van der Waals surface area contributed by atoms with Gasteiger partial charge in [-0.05, 0) is 48.4 Å². The fourth-order valence-corrected chi connectivity index (χ4v) is 4.22. The summed E-state index contributed by atoms with van der Waals surface area (Å²) in [4.78, 5) is 16.0. The second kappa shape index (κ2) is 6.85. The van der Waals surface area contributed by atoms with E-state index in [1.54, 1.807) is 11.3 Å². The largest absolute Gasteiger partial charge is 0.486 e. The van der Waals surface area contributed by atoms with Gasteiger partial charge in [0.2, 0.25) is 5.91 Å². The molecule has 1 fully saturated rings. The van der Waals surface area contributed by atoms with Crippen LogP contribution in [0.25, 0.3) is 0 Å². The van der Waals surface area contributed by atoms with Crippen molar-refractivity contribution in [1.29, 1.82) is 0 Å². The van der Waals surface area contributed by atoms with Gasteiger partial charge in [0.25, 0.3) is 0 Å². The minimum Gasteiger partial charge on any atom is -0.486 e. The number of carbonyl (C=O) groups excluding carboxylic acids is 1. The average molecular weight is 343 g/mol. The number of fused-ring (bicyclic) bond motifs is 1. The van der Waals surface area contributed by atoms with Gasteiger partial charge in [-0.25, -0.2) is 0 Å². The Morgan fingerprint density at radius 1 is 1.21 bits per heavy atom. The van der Waals surface area contributed by atoms with E-state index in [0.717, 1.165) is 42.9 Å². The van der Waals surface area contributed by atoms with E-state index in [9.17, 15) is 4.79 Å². The van der Waals surface area contributed by atoms with Gasteiger partial charge in [0.1, 0.15) is 13.2 Å². The van der Waals surface area contributed by atoms with Crippen molar-refractivity contribution in [2.24, 2.45) is 0 Å². The molecule has 126 valence electrons. The first-order valence-corrected chi connectivity index (χ1v) is 9.40. The second-order valence-corrected chi connectivity index (χ2v) is 7.26. The smallest absolute Gasteiger partial charge is 0.223 e. The summed E-state index contributed by atoms with van der Waals surface area (Å²) in [6.45, 7) is 2.04. The van der Waals surface area contributed by atoms with Crippen LogP contribution in [-0.4, -0.2) is 30.6 Å². The summed E-state index contributed by atoms with van der Waals surface area (Å²) in [5.41, 5.74) is 1.15. The van der Waals surface area contributed by atoms with E-state index in [0.29, 0.717) is 19.6 Å². The van der Waals surface area contributed by atoms with Gasteiger partial charge in [0.15, 0.2) is 11.5 Å². The van der Waals surface area contributed by atoms with Gasteiger partial charge in [-0.3, -0.25) is 4.79 Å². The molecule has 2 aromatic rings. The van der Waals surface area contributed by atoms with E-state index in [-0.39, 0.29) is 11.9 Å². The number of thiophene rings is 1. The van der Waals surface area contributed by atoms with E-state index in [2.05, 4.69) is 17.5 Å². The molecule has 0 N–H and O–H groups in total. The highest BCUT2D eigenvalue weighted by atomic mass is 32.1. The van der Waals surface area contributed by atoms with Crippen molar-refractivity contribution in [3.63, 3.8) is 0 Å². The molecule has 1 aromatic carbocycles. The van der Waals surface area contributed by atoms with E-state index < -0.39 is 0 Å². The highest BCUT2D eigenvalue weighted by molar-refractivity contribution is 7.09. The van der Waals surface area contributed by atoms with E-state index in [1.165, 1.54) is 4.88 Å². The summed E-state index contributed by atoms with van der Waals surface area (Å²) in [6, 6.07) is 10.4. The normalized spacial score (nSPS) is 19.5. The first kappa shape index (κ1) is 15.5. The summed E-state index contributed by atoms with van der Waals surface area (Å²) in [5.74, 6) is 1.86. The average Bonchev–Trinajstić information content (AvgIpc) is 3.31. The lowest BCUT2D eigenvalue weighted by molar-refractivity contribution is -0.132. The van der Waals surface area contributed by atoms with E-state index >= 15 is 0 Å². The van der Waals surface area contributed by atoms with Gasteiger partial charge < -0.3 is 14.4 Å². The number of benzene rings is 1. The van der Waals surface area contributed by atoms with Crippen molar-refractivity contribution in [1.82, 2.24) is 4.90 Å². The number of nitrogens with zero attached hydrogens (tertiary/aromatic N) is 1. The summed E-state index contributed by atoms with van der Waals surface area (Å²) in [7, 11) is 0. The van der Waals surface area contributed by atoms with Gasteiger partial charge in [-0.15, -0.1) is 11.3 Å². The second-order valence-electron chi connectivity index (χ2n) is 6.23. The molecule has 0 spiro atoms. The number of aryl methyl sites for hydroxylation is 1. The Balaban J connectivity index is 1.47. The molecule has 1 amide bonds. The lowest BCUT2D eigenvalue weighted by atomic mass is 10.0. The van der Waals surface area contributed by atoms with Crippen LogP contribution < -0.4 is 9.47 Å². The molecule has 0 bridgehead atoms. The van der Waals surface area contributed by atoms with Crippen LogP contribution in [0.15, 0.2) is 35.7 Å². The van der Waals surface area contributed by atoms with Gasteiger partial charge >= 0.3 is 0 Å². The number of ether oxygens (including phenoxy) is 2. The third kappa shape index (κ3) is 3.13. The maximum atomic E-state index is 12.7. The fourth-order valence-electron chi connectivity index (χ4n) is 3.51. The summed E-state index contributed by atoms with van der Waals surface area (Å²) >= 11 is 1.72. The molecule has 5 heteroatoms. The number of likely N-dealkylation sites (tertiary alicyclic amines) is 1. The van der Waals surface area contributed by atoms with Crippen LogP contribution in [0.2, 0.25) is 0 Å². The highest BCUT2D eigenvalue weighted by Crippen LogP contribution is 2.38. The molecule has 1 saturated heterocycles. The van der Waals surface area contributed by atoms with Crippen LogP contribution >= 0.6 is 11.3 Å². The first-order chi connectivity index (χ1) is 11.8. The molecule has 4 nitrogen and oxygen atoms in total. The number of carbonyl (C=O) groups is 1. The fraction of sp³-hybridized carbons (Fsp3) is 0.421. The summed E-state index contributed by atoms with van der Waals surface area (Å²) < 4.78 is 11.3. The number of hydrogen-bond donors (Lipinski definition) is 0. The van der Waals surface area contributed by atoms with Crippen molar-refractivity contribution in [2.45, 2.75) is 31.7 Å². The third-order valence-corrected chi connectivity index (χ3v) is 5.63. The SMILES string of the molecule is O=C(CCc1cccs1)N1CCCC1c1ccc2c(c1)OCCO2. The molecular weight excluding hydrogens is 322 g/mol. The quantitative estimate of drug-likeness (QED) is 0.847. The molecular formula is C19H21NO3S. The molecule has 1 unspecified atom stereocenters. The molecule has 1 atom stereocenters. The number of hydrogen-bond acceptors (Lipinski definition) is 4. The van der Waals surface area contributed by atoms with Gasteiger partial charge in [-0.1, -0.05) is 12.1 Å². The van der Waals surface area contributed by atoms with Gasteiger partial charge in [0, 0.05) is 17.8 Å². The maximum absolute atomic E-state index is 12.7. The zero-order valence-electron chi connectivity index (χ0n) is 13.6. The van der Waals surface area contributed by atoms with Crippen LogP contribution in [0.1, 0.15) is 35.7 Å². The minimum absolute atomic E-state index is 0.164. The molecule has 0 radical (unpaired) electrons. The summed E-state index contributed by atoms with van der Waals surface area (Å²) in [5, 5.41) is 2.06.